The maximum atomic E-state index is 13.1. The van der Waals surface area contributed by atoms with E-state index in [1.54, 1.807) is 44.6 Å². The van der Waals surface area contributed by atoms with Crippen molar-refractivity contribution in [2.24, 2.45) is 5.92 Å². The summed E-state index contributed by atoms with van der Waals surface area (Å²) in [6.07, 6.45) is 1.70. The van der Waals surface area contributed by atoms with E-state index in [9.17, 15) is 9.18 Å². The van der Waals surface area contributed by atoms with Gasteiger partial charge in [0.25, 0.3) is 0 Å². The second kappa shape index (κ2) is 9.78. The molecule has 1 fully saturated rings. The molecule has 1 aliphatic rings. The van der Waals surface area contributed by atoms with Gasteiger partial charge in [0.1, 0.15) is 5.82 Å². The summed E-state index contributed by atoms with van der Waals surface area (Å²) in [7, 11) is 3.13. The number of amides is 1. The fourth-order valence-corrected chi connectivity index (χ4v) is 3.80. The van der Waals surface area contributed by atoms with Gasteiger partial charge in [-0.25, -0.2) is 4.39 Å². The molecule has 2 heterocycles. The van der Waals surface area contributed by atoms with E-state index in [0.29, 0.717) is 47.6 Å². The molecule has 0 bridgehead atoms. The van der Waals surface area contributed by atoms with Gasteiger partial charge in [0.05, 0.1) is 26.7 Å². The number of likely N-dealkylation sites (tertiary alicyclic amines) is 1. The molecule has 4 rings (SSSR count). The molecule has 1 atom stereocenters. The van der Waals surface area contributed by atoms with Crippen LogP contribution >= 0.6 is 0 Å². The number of rotatable bonds is 7. The average molecular weight is 440 g/mol. The molecular weight excluding hydrogens is 415 g/mol. The summed E-state index contributed by atoms with van der Waals surface area (Å²) in [5.74, 6) is 1.53. The van der Waals surface area contributed by atoms with E-state index < -0.39 is 0 Å². The van der Waals surface area contributed by atoms with Gasteiger partial charge in [-0.15, -0.1) is 0 Å². The first kappa shape index (κ1) is 21.8. The third-order valence-corrected chi connectivity index (χ3v) is 5.46. The molecule has 9 heteroatoms. The summed E-state index contributed by atoms with van der Waals surface area (Å²) >= 11 is 0. The largest absolute Gasteiger partial charge is 0.493 e. The molecule has 0 saturated carbocycles. The summed E-state index contributed by atoms with van der Waals surface area (Å²) in [6, 6.07) is 11.2. The quantitative estimate of drug-likeness (QED) is 0.599. The van der Waals surface area contributed by atoms with Gasteiger partial charge >= 0.3 is 0 Å². The van der Waals surface area contributed by atoms with Gasteiger partial charge in [-0.3, -0.25) is 9.69 Å². The van der Waals surface area contributed by atoms with E-state index in [1.807, 2.05) is 0 Å². The van der Waals surface area contributed by atoms with Crippen LogP contribution in [0.3, 0.4) is 0 Å². The molecule has 3 aromatic rings. The van der Waals surface area contributed by atoms with Gasteiger partial charge in [-0.05, 0) is 55.8 Å². The fourth-order valence-electron chi connectivity index (χ4n) is 3.80. The Morgan fingerprint density at radius 1 is 1.19 bits per heavy atom. The molecule has 0 aliphatic carbocycles. The summed E-state index contributed by atoms with van der Waals surface area (Å²) in [4.78, 5) is 19.4. The Bertz CT molecular complexity index is 1070. The third kappa shape index (κ3) is 5.05. The molecule has 1 N–H and O–H groups in total. The zero-order chi connectivity index (χ0) is 22.5. The molecule has 1 amide bonds. The van der Waals surface area contributed by atoms with Gasteiger partial charge in [0.15, 0.2) is 11.5 Å². The lowest BCUT2D eigenvalue weighted by Crippen LogP contribution is -2.40. The van der Waals surface area contributed by atoms with Crippen LogP contribution in [0.1, 0.15) is 18.7 Å². The van der Waals surface area contributed by atoms with Crippen LogP contribution in [0.15, 0.2) is 47.0 Å². The Kier molecular flexibility index (Phi) is 6.65. The van der Waals surface area contributed by atoms with Crippen molar-refractivity contribution in [3.63, 3.8) is 0 Å². The van der Waals surface area contributed by atoms with Crippen LogP contribution in [-0.4, -0.2) is 48.3 Å². The molecule has 168 valence electrons. The normalized spacial score (nSPS) is 16.5. The highest BCUT2D eigenvalue weighted by atomic mass is 19.1. The molecule has 0 radical (unpaired) electrons. The number of nitrogens with one attached hydrogen (secondary N) is 1. The number of anilines is 1. The lowest BCUT2D eigenvalue weighted by atomic mass is 9.97. The number of aromatic nitrogens is 2. The van der Waals surface area contributed by atoms with Crippen molar-refractivity contribution < 1.29 is 23.2 Å². The first-order valence-electron chi connectivity index (χ1n) is 10.4. The van der Waals surface area contributed by atoms with E-state index in [0.717, 1.165) is 19.4 Å². The number of methoxy groups -OCH3 is 2. The van der Waals surface area contributed by atoms with E-state index in [4.69, 9.17) is 14.0 Å². The molecular formula is C23H25FN4O4. The molecule has 1 saturated heterocycles. The summed E-state index contributed by atoms with van der Waals surface area (Å²) in [5, 5.41) is 6.95. The number of benzene rings is 2. The molecule has 8 nitrogen and oxygen atoms in total. The number of hydrogen-bond acceptors (Lipinski definition) is 7. The minimum absolute atomic E-state index is 0.0422. The number of halogens is 1. The Balaban J connectivity index is 1.36. The third-order valence-electron chi connectivity index (χ3n) is 5.46. The SMILES string of the molecule is COc1ccc(NC(=O)C2CCCN(Cc3nc(-c4ccc(F)cc4)no3)C2)cc1OC. The molecule has 1 aromatic heterocycles. The number of carbonyl (C=O) groups excluding carboxylic acids is 1. The smallest absolute Gasteiger partial charge is 0.241 e. The zero-order valence-electron chi connectivity index (χ0n) is 18.0. The number of nitrogens with zero attached hydrogens (tertiary/aromatic N) is 3. The van der Waals surface area contributed by atoms with Gasteiger partial charge in [0.2, 0.25) is 17.6 Å². The maximum Gasteiger partial charge on any atom is 0.241 e. The van der Waals surface area contributed by atoms with Crippen LogP contribution in [0, 0.1) is 11.7 Å². The van der Waals surface area contributed by atoms with Crippen LogP contribution in [0.2, 0.25) is 0 Å². The highest BCUT2D eigenvalue weighted by Gasteiger charge is 2.27. The van der Waals surface area contributed by atoms with Gasteiger partial charge in [-0.2, -0.15) is 4.98 Å². The minimum Gasteiger partial charge on any atom is -0.493 e. The predicted octanol–water partition coefficient (Wildman–Crippen LogP) is 3.74. The van der Waals surface area contributed by atoms with Crippen LogP contribution < -0.4 is 14.8 Å². The van der Waals surface area contributed by atoms with Crippen LogP contribution in [0.4, 0.5) is 10.1 Å². The topological polar surface area (TPSA) is 89.7 Å². The van der Waals surface area contributed by atoms with Crippen molar-refractivity contribution in [1.29, 1.82) is 0 Å². The Morgan fingerprint density at radius 3 is 2.72 bits per heavy atom. The number of piperidine rings is 1. The first-order valence-corrected chi connectivity index (χ1v) is 10.4. The highest BCUT2D eigenvalue weighted by Crippen LogP contribution is 2.30. The first-order chi connectivity index (χ1) is 15.6. The molecule has 1 aliphatic heterocycles. The average Bonchev–Trinajstić information content (AvgIpc) is 3.28. The Hall–Kier alpha value is -3.46. The monoisotopic (exact) mass is 440 g/mol. The molecule has 32 heavy (non-hydrogen) atoms. The second-order valence-electron chi connectivity index (χ2n) is 7.65. The van der Waals surface area contributed by atoms with Crippen LogP contribution in [0.5, 0.6) is 11.5 Å². The number of ether oxygens (including phenoxy) is 2. The predicted molar refractivity (Wildman–Crippen MR) is 116 cm³/mol. The molecule has 1 unspecified atom stereocenters. The van der Waals surface area contributed by atoms with Gasteiger partial charge < -0.3 is 19.3 Å². The number of hydrogen-bond donors (Lipinski definition) is 1. The van der Waals surface area contributed by atoms with Crippen molar-refractivity contribution in [3.8, 4) is 22.9 Å². The summed E-state index contributed by atoms with van der Waals surface area (Å²) in [6.45, 7) is 1.89. The summed E-state index contributed by atoms with van der Waals surface area (Å²) in [5.41, 5.74) is 1.35. The van der Waals surface area contributed by atoms with Gasteiger partial charge in [0, 0.05) is 23.9 Å². The second-order valence-corrected chi connectivity index (χ2v) is 7.65. The Labute approximate surface area is 185 Å². The van der Waals surface area contributed by atoms with Crippen molar-refractivity contribution in [3.05, 3.63) is 54.2 Å². The summed E-state index contributed by atoms with van der Waals surface area (Å²) < 4.78 is 29.0. The van der Waals surface area contributed by atoms with E-state index >= 15 is 0 Å². The zero-order valence-corrected chi connectivity index (χ0v) is 18.0. The van der Waals surface area contributed by atoms with E-state index in [2.05, 4.69) is 20.4 Å². The number of carbonyl (C=O) groups is 1. The lowest BCUT2D eigenvalue weighted by Gasteiger charge is -2.30. The Morgan fingerprint density at radius 2 is 1.97 bits per heavy atom. The minimum atomic E-state index is -0.316. The van der Waals surface area contributed by atoms with Crippen molar-refractivity contribution in [2.75, 3.05) is 32.6 Å². The van der Waals surface area contributed by atoms with Gasteiger partial charge in [-0.1, -0.05) is 5.16 Å². The van der Waals surface area contributed by atoms with E-state index in [-0.39, 0.29) is 17.6 Å². The van der Waals surface area contributed by atoms with E-state index in [1.165, 1.54) is 12.1 Å². The standard InChI is InChI=1S/C23H25FN4O4/c1-30-19-10-9-18(12-20(19)31-2)25-23(29)16-4-3-11-28(13-16)14-21-26-22(27-32-21)15-5-7-17(24)8-6-15/h5-10,12,16H,3-4,11,13-14H2,1-2H3,(H,25,29). The fraction of sp³-hybridized carbons (Fsp3) is 0.348. The van der Waals surface area contributed by atoms with Crippen molar-refractivity contribution in [1.82, 2.24) is 15.0 Å². The maximum absolute atomic E-state index is 13.1. The van der Waals surface area contributed by atoms with Crippen LogP contribution in [-0.2, 0) is 11.3 Å². The van der Waals surface area contributed by atoms with Crippen molar-refractivity contribution >= 4 is 11.6 Å². The molecule has 2 aromatic carbocycles. The van der Waals surface area contributed by atoms with Crippen LogP contribution in [0.25, 0.3) is 11.4 Å². The molecule has 0 spiro atoms. The van der Waals surface area contributed by atoms with Crippen molar-refractivity contribution in [2.45, 2.75) is 19.4 Å². The lowest BCUT2D eigenvalue weighted by molar-refractivity contribution is -0.121. The highest BCUT2D eigenvalue weighted by molar-refractivity contribution is 5.93.